The number of unbranched alkanes of at least 4 members (excludes halogenated alkanes) is 6. The lowest BCUT2D eigenvalue weighted by molar-refractivity contribution is 0.324. The maximum atomic E-state index is 5.77. The van der Waals surface area contributed by atoms with Crippen molar-refractivity contribution < 1.29 is 0 Å². The molecule has 2 nitrogen and oxygen atoms in total. The lowest BCUT2D eigenvalue weighted by Crippen LogP contribution is -2.40. The van der Waals surface area contributed by atoms with Gasteiger partial charge in [-0.25, -0.2) is 0 Å². The second-order valence-corrected chi connectivity index (χ2v) is 6.53. The molecule has 0 aliphatic heterocycles. The Balaban J connectivity index is 2.05. The zero-order valence-corrected chi connectivity index (χ0v) is 13.3. The molecular weight excluding hydrogens is 232 g/mol. The minimum atomic E-state index is 0.576. The first-order valence-electron chi connectivity index (χ1n) is 8.77. The molecule has 0 bridgehead atoms. The summed E-state index contributed by atoms with van der Waals surface area (Å²) in [5, 5.41) is 0. The van der Waals surface area contributed by atoms with Gasteiger partial charge in [0.25, 0.3) is 0 Å². The normalized spacial score (nSPS) is 24.8. The summed E-state index contributed by atoms with van der Waals surface area (Å²) < 4.78 is 0. The number of nitrogens with two attached hydrogens (primary N) is 1. The highest BCUT2D eigenvalue weighted by Crippen LogP contribution is 2.35. The summed E-state index contributed by atoms with van der Waals surface area (Å²) in [5.74, 6) is 7.58. The van der Waals surface area contributed by atoms with Crippen LogP contribution >= 0.6 is 0 Å². The monoisotopic (exact) mass is 268 g/mol. The van der Waals surface area contributed by atoms with Gasteiger partial charge in [-0.1, -0.05) is 71.6 Å². The van der Waals surface area contributed by atoms with E-state index in [0.717, 1.165) is 11.8 Å². The van der Waals surface area contributed by atoms with E-state index in [1.54, 1.807) is 0 Å². The van der Waals surface area contributed by atoms with Crippen molar-refractivity contribution in [3.63, 3.8) is 0 Å². The van der Waals surface area contributed by atoms with Crippen LogP contribution in [0.2, 0.25) is 0 Å². The van der Waals surface area contributed by atoms with Crippen LogP contribution in [0.15, 0.2) is 0 Å². The predicted octanol–water partition coefficient (Wildman–Crippen LogP) is 4.79. The predicted molar refractivity (Wildman–Crippen MR) is 84.8 cm³/mol. The van der Waals surface area contributed by atoms with Crippen molar-refractivity contribution in [1.82, 2.24) is 5.43 Å². The smallest absolute Gasteiger partial charge is 0.0238 e. The second kappa shape index (κ2) is 10.7. The van der Waals surface area contributed by atoms with Crippen LogP contribution in [0.5, 0.6) is 0 Å². The Kier molecular flexibility index (Phi) is 9.54. The van der Waals surface area contributed by atoms with Gasteiger partial charge in [0.15, 0.2) is 0 Å². The fourth-order valence-corrected chi connectivity index (χ4v) is 3.63. The molecule has 0 heterocycles. The fraction of sp³-hybridized carbons (Fsp3) is 1.00. The van der Waals surface area contributed by atoms with Crippen molar-refractivity contribution in [3.05, 3.63) is 0 Å². The molecule has 0 aromatic heterocycles. The van der Waals surface area contributed by atoms with Gasteiger partial charge in [-0.2, -0.15) is 0 Å². The molecule has 0 amide bonds. The third-order valence-electron chi connectivity index (χ3n) is 5.06. The maximum Gasteiger partial charge on any atom is 0.0238 e. The largest absolute Gasteiger partial charge is 0.271 e. The van der Waals surface area contributed by atoms with Crippen LogP contribution < -0.4 is 11.3 Å². The Morgan fingerprint density at radius 1 is 1.00 bits per heavy atom. The van der Waals surface area contributed by atoms with Crippen LogP contribution in [-0.2, 0) is 0 Å². The minimum absolute atomic E-state index is 0.576. The first-order valence-corrected chi connectivity index (χ1v) is 8.77. The van der Waals surface area contributed by atoms with Crippen LogP contribution in [0.4, 0.5) is 0 Å². The summed E-state index contributed by atoms with van der Waals surface area (Å²) in [6.45, 7) is 4.61. The molecule has 2 heteroatoms. The van der Waals surface area contributed by atoms with E-state index in [1.807, 2.05) is 0 Å². The van der Waals surface area contributed by atoms with Gasteiger partial charge in [0.1, 0.15) is 0 Å². The minimum Gasteiger partial charge on any atom is -0.271 e. The molecule has 1 saturated carbocycles. The molecule has 114 valence electrons. The third-order valence-corrected chi connectivity index (χ3v) is 5.06. The average molecular weight is 268 g/mol. The van der Waals surface area contributed by atoms with E-state index >= 15 is 0 Å². The van der Waals surface area contributed by atoms with Crippen LogP contribution in [0.1, 0.15) is 90.9 Å². The van der Waals surface area contributed by atoms with Gasteiger partial charge >= 0.3 is 0 Å². The molecule has 0 saturated heterocycles. The number of hydrazine groups is 1. The maximum absolute atomic E-state index is 5.77. The Hall–Kier alpha value is -0.0800. The SMILES string of the molecule is CCCCCCCCCC(NN)C1CCC(CC)C1. The third kappa shape index (κ3) is 6.76. The molecule has 0 radical (unpaired) electrons. The number of hydrogen-bond acceptors (Lipinski definition) is 2. The molecule has 1 rings (SSSR count). The summed E-state index contributed by atoms with van der Waals surface area (Å²) >= 11 is 0. The molecular formula is C17H36N2. The van der Waals surface area contributed by atoms with Crippen LogP contribution in [-0.4, -0.2) is 6.04 Å². The summed E-state index contributed by atoms with van der Waals surface area (Å²) in [4.78, 5) is 0. The van der Waals surface area contributed by atoms with Gasteiger partial charge in [-0.3, -0.25) is 11.3 Å². The van der Waals surface area contributed by atoms with Crippen molar-refractivity contribution >= 4 is 0 Å². The zero-order valence-electron chi connectivity index (χ0n) is 13.3. The zero-order chi connectivity index (χ0) is 13.9. The first-order chi connectivity index (χ1) is 9.31. The van der Waals surface area contributed by atoms with Crippen molar-refractivity contribution in [2.24, 2.45) is 17.7 Å². The van der Waals surface area contributed by atoms with E-state index in [-0.39, 0.29) is 0 Å². The van der Waals surface area contributed by atoms with Crippen LogP contribution in [0.3, 0.4) is 0 Å². The van der Waals surface area contributed by atoms with Crippen molar-refractivity contribution in [3.8, 4) is 0 Å². The molecule has 3 N–H and O–H groups in total. The Morgan fingerprint density at radius 2 is 1.68 bits per heavy atom. The lowest BCUT2D eigenvalue weighted by Gasteiger charge is -2.23. The molecule has 0 spiro atoms. The van der Waals surface area contributed by atoms with E-state index < -0.39 is 0 Å². The van der Waals surface area contributed by atoms with Crippen molar-refractivity contribution in [1.29, 1.82) is 0 Å². The van der Waals surface area contributed by atoms with E-state index in [0.29, 0.717) is 6.04 Å². The first kappa shape index (κ1) is 17.0. The Bertz CT molecular complexity index is 205. The molecule has 19 heavy (non-hydrogen) atoms. The standard InChI is InChI=1S/C17H36N2/c1-3-5-6-7-8-9-10-11-17(19-18)16-13-12-15(4-2)14-16/h15-17,19H,3-14,18H2,1-2H3. The molecule has 0 aromatic rings. The fourth-order valence-electron chi connectivity index (χ4n) is 3.63. The highest BCUT2D eigenvalue weighted by atomic mass is 15.2. The summed E-state index contributed by atoms with van der Waals surface area (Å²) in [6, 6.07) is 0.576. The van der Waals surface area contributed by atoms with Crippen molar-refractivity contribution in [2.45, 2.75) is 96.9 Å². The molecule has 3 unspecified atom stereocenters. The highest BCUT2D eigenvalue weighted by molar-refractivity contribution is 4.83. The molecule has 3 atom stereocenters. The van der Waals surface area contributed by atoms with Gasteiger partial charge < -0.3 is 0 Å². The van der Waals surface area contributed by atoms with E-state index in [9.17, 15) is 0 Å². The van der Waals surface area contributed by atoms with E-state index in [2.05, 4.69) is 19.3 Å². The van der Waals surface area contributed by atoms with Gasteiger partial charge in [0.05, 0.1) is 0 Å². The van der Waals surface area contributed by atoms with Crippen LogP contribution in [0, 0.1) is 11.8 Å². The van der Waals surface area contributed by atoms with Gasteiger partial charge in [-0.05, 0) is 31.1 Å². The summed E-state index contributed by atoms with van der Waals surface area (Å²) in [6.07, 6.45) is 16.6. The van der Waals surface area contributed by atoms with Gasteiger partial charge in [-0.15, -0.1) is 0 Å². The second-order valence-electron chi connectivity index (χ2n) is 6.53. The van der Waals surface area contributed by atoms with Gasteiger partial charge in [0, 0.05) is 6.04 Å². The Labute approximate surface area is 120 Å². The summed E-state index contributed by atoms with van der Waals surface area (Å²) in [7, 11) is 0. The topological polar surface area (TPSA) is 38.0 Å². The Morgan fingerprint density at radius 3 is 2.26 bits per heavy atom. The lowest BCUT2D eigenvalue weighted by atomic mass is 9.92. The van der Waals surface area contributed by atoms with E-state index in [1.165, 1.54) is 77.0 Å². The highest BCUT2D eigenvalue weighted by Gasteiger charge is 2.28. The molecule has 1 aliphatic rings. The van der Waals surface area contributed by atoms with E-state index in [4.69, 9.17) is 5.84 Å². The van der Waals surface area contributed by atoms with Gasteiger partial charge in [0.2, 0.25) is 0 Å². The summed E-state index contributed by atoms with van der Waals surface area (Å²) in [5.41, 5.74) is 3.10. The van der Waals surface area contributed by atoms with Crippen molar-refractivity contribution in [2.75, 3.05) is 0 Å². The number of hydrogen-bond donors (Lipinski definition) is 2. The number of rotatable bonds is 11. The number of nitrogens with one attached hydrogen (secondary N) is 1. The average Bonchev–Trinajstić information content (AvgIpc) is 2.91. The molecule has 0 aromatic carbocycles. The van der Waals surface area contributed by atoms with Crippen LogP contribution in [0.25, 0.3) is 0 Å². The quantitative estimate of drug-likeness (QED) is 0.321. The molecule has 1 aliphatic carbocycles. The molecule has 1 fully saturated rings.